The van der Waals surface area contributed by atoms with Gasteiger partial charge in [-0.1, -0.05) is 0 Å². The number of ether oxygens (including phenoxy) is 2. The molecular weight excluding hydrogens is 178 g/mol. The Balaban J connectivity index is 1.75. The molecule has 0 amide bonds. The summed E-state index contributed by atoms with van der Waals surface area (Å²) in [6, 6.07) is 0. The smallest absolute Gasteiger partial charge is 0.111 e. The topological polar surface area (TPSA) is 30.5 Å². The van der Waals surface area contributed by atoms with Crippen molar-refractivity contribution in [1.82, 2.24) is 5.32 Å². The van der Waals surface area contributed by atoms with Gasteiger partial charge in [0.25, 0.3) is 0 Å². The molecule has 2 rings (SSSR count). The van der Waals surface area contributed by atoms with E-state index in [1.54, 1.807) is 0 Å². The van der Waals surface area contributed by atoms with Crippen LogP contribution in [0.25, 0.3) is 0 Å². The van der Waals surface area contributed by atoms with Crippen LogP contribution >= 0.6 is 0 Å². The van der Waals surface area contributed by atoms with Gasteiger partial charge in [-0.2, -0.15) is 0 Å². The lowest BCUT2D eigenvalue weighted by atomic mass is 10.0. The largest absolute Gasteiger partial charge is 0.378 e. The van der Waals surface area contributed by atoms with E-state index in [1.165, 1.54) is 19.3 Å². The van der Waals surface area contributed by atoms with Gasteiger partial charge in [-0.3, -0.25) is 5.32 Å². The zero-order valence-electron chi connectivity index (χ0n) is 9.21. The Labute approximate surface area is 86.2 Å². The van der Waals surface area contributed by atoms with Crippen LogP contribution in [0, 0.1) is 0 Å². The molecule has 3 nitrogen and oxygen atoms in total. The van der Waals surface area contributed by atoms with E-state index in [1.807, 2.05) is 0 Å². The standard InChI is InChI=1S/C11H21NO2/c1-11(2)8-14-10(12-11)7-9-5-3-4-6-13-9/h9-10,12H,3-8H2,1-2H3. The second-order valence-corrected chi connectivity index (χ2v) is 5.05. The molecule has 2 atom stereocenters. The molecule has 0 spiro atoms. The van der Waals surface area contributed by atoms with Gasteiger partial charge in [-0.05, 0) is 33.1 Å². The Morgan fingerprint density at radius 2 is 2.14 bits per heavy atom. The summed E-state index contributed by atoms with van der Waals surface area (Å²) in [5.41, 5.74) is 0.138. The summed E-state index contributed by atoms with van der Waals surface area (Å²) in [6.07, 6.45) is 5.34. The first-order valence-electron chi connectivity index (χ1n) is 5.67. The lowest BCUT2D eigenvalue weighted by molar-refractivity contribution is -0.0247. The van der Waals surface area contributed by atoms with Crippen LogP contribution in [0.15, 0.2) is 0 Å². The number of nitrogens with one attached hydrogen (secondary N) is 1. The summed E-state index contributed by atoms with van der Waals surface area (Å²) in [5.74, 6) is 0. The average molecular weight is 199 g/mol. The van der Waals surface area contributed by atoms with E-state index in [-0.39, 0.29) is 11.8 Å². The molecule has 0 aliphatic carbocycles. The first kappa shape index (κ1) is 10.4. The van der Waals surface area contributed by atoms with Crippen molar-refractivity contribution >= 4 is 0 Å². The highest BCUT2D eigenvalue weighted by Crippen LogP contribution is 2.22. The van der Waals surface area contributed by atoms with E-state index in [9.17, 15) is 0 Å². The van der Waals surface area contributed by atoms with Crippen molar-refractivity contribution in [1.29, 1.82) is 0 Å². The van der Waals surface area contributed by atoms with E-state index in [4.69, 9.17) is 9.47 Å². The third-order valence-electron chi connectivity index (χ3n) is 2.95. The minimum absolute atomic E-state index is 0.138. The van der Waals surface area contributed by atoms with Crippen LogP contribution in [0.1, 0.15) is 39.5 Å². The van der Waals surface area contributed by atoms with Gasteiger partial charge in [0.1, 0.15) is 6.23 Å². The van der Waals surface area contributed by atoms with Gasteiger partial charge >= 0.3 is 0 Å². The molecule has 0 aromatic rings. The molecule has 0 saturated carbocycles. The maximum atomic E-state index is 5.69. The van der Waals surface area contributed by atoms with Crippen molar-refractivity contribution in [3.05, 3.63) is 0 Å². The highest BCUT2D eigenvalue weighted by atomic mass is 16.5. The molecule has 1 N–H and O–H groups in total. The van der Waals surface area contributed by atoms with Gasteiger partial charge in [0.05, 0.1) is 12.7 Å². The predicted molar refractivity (Wildman–Crippen MR) is 55.2 cm³/mol. The fourth-order valence-corrected chi connectivity index (χ4v) is 2.19. The molecule has 0 aromatic heterocycles. The summed E-state index contributed by atoms with van der Waals surface area (Å²) >= 11 is 0. The van der Waals surface area contributed by atoms with E-state index in [0.717, 1.165) is 19.6 Å². The Kier molecular flexibility index (Phi) is 3.10. The highest BCUT2D eigenvalue weighted by molar-refractivity contribution is 4.86. The molecule has 2 fully saturated rings. The van der Waals surface area contributed by atoms with Crippen molar-refractivity contribution in [3.63, 3.8) is 0 Å². The van der Waals surface area contributed by atoms with E-state index in [0.29, 0.717) is 6.10 Å². The third kappa shape index (κ3) is 2.69. The normalized spacial score (nSPS) is 37.3. The quantitative estimate of drug-likeness (QED) is 0.734. The lowest BCUT2D eigenvalue weighted by Gasteiger charge is -2.25. The zero-order valence-corrected chi connectivity index (χ0v) is 9.21. The second kappa shape index (κ2) is 4.17. The molecular formula is C11H21NO2. The third-order valence-corrected chi connectivity index (χ3v) is 2.95. The molecule has 3 heteroatoms. The fraction of sp³-hybridized carbons (Fsp3) is 1.00. The van der Waals surface area contributed by atoms with Crippen LogP contribution in [0.4, 0.5) is 0 Å². The SMILES string of the molecule is CC1(C)COC(CC2CCCCO2)N1. The number of rotatable bonds is 2. The Morgan fingerprint density at radius 3 is 2.71 bits per heavy atom. The minimum Gasteiger partial charge on any atom is -0.378 e. The first-order chi connectivity index (χ1) is 6.66. The minimum atomic E-state index is 0.138. The maximum absolute atomic E-state index is 5.69. The van der Waals surface area contributed by atoms with Crippen molar-refractivity contribution in [2.24, 2.45) is 0 Å². The summed E-state index contributed by atoms with van der Waals surface area (Å²) in [4.78, 5) is 0. The molecule has 2 aliphatic heterocycles. The van der Waals surface area contributed by atoms with E-state index in [2.05, 4.69) is 19.2 Å². The van der Waals surface area contributed by atoms with Gasteiger partial charge in [0, 0.05) is 18.6 Å². The lowest BCUT2D eigenvalue weighted by Crippen LogP contribution is -2.40. The van der Waals surface area contributed by atoms with Crippen molar-refractivity contribution in [2.75, 3.05) is 13.2 Å². The Morgan fingerprint density at radius 1 is 1.29 bits per heavy atom. The predicted octanol–water partition coefficient (Wildman–Crippen LogP) is 1.67. The Bertz CT molecular complexity index is 188. The zero-order chi connectivity index (χ0) is 10.0. The molecule has 0 radical (unpaired) electrons. The monoisotopic (exact) mass is 199 g/mol. The highest BCUT2D eigenvalue weighted by Gasteiger charge is 2.32. The molecule has 14 heavy (non-hydrogen) atoms. The second-order valence-electron chi connectivity index (χ2n) is 5.05. The molecule has 0 bridgehead atoms. The molecule has 2 heterocycles. The van der Waals surface area contributed by atoms with Gasteiger partial charge in [0.15, 0.2) is 0 Å². The van der Waals surface area contributed by atoms with E-state index < -0.39 is 0 Å². The van der Waals surface area contributed by atoms with Gasteiger partial charge in [-0.25, -0.2) is 0 Å². The van der Waals surface area contributed by atoms with Crippen molar-refractivity contribution < 1.29 is 9.47 Å². The molecule has 2 saturated heterocycles. The van der Waals surface area contributed by atoms with Crippen LogP contribution in [0.5, 0.6) is 0 Å². The number of hydrogen-bond donors (Lipinski definition) is 1. The molecule has 0 aromatic carbocycles. The summed E-state index contributed by atoms with van der Waals surface area (Å²) in [5, 5.41) is 3.48. The van der Waals surface area contributed by atoms with Gasteiger partial charge < -0.3 is 9.47 Å². The van der Waals surface area contributed by atoms with E-state index >= 15 is 0 Å². The summed E-state index contributed by atoms with van der Waals surface area (Å²) < 4.78 is 11.4. The summed E-state index contributed by atoms with van der Waals surface area (Å²) in [6.45, 7) is 6.09. The fourth-order valence-electron chi connectivity index (χ4n) is 2.19. The van der Waals surface area contributed by atoms with Crippen LogP contribution in [-0.4, -0.2) is 31.1 Å². The molecule has 82 valence electrons. The maximum Gasteiger partial charge on any atom is 0.111 e. The van der Waals surface area contributed by atoms with Crippen molar-refractivity contribution in [2.45, 2.75) is 57.4 Å². The molecule has 2 unspecified atom stereocenters. The van der Waals surface area contributed by atoms with Gasteiger partial charge in [0.2, 0.25) is 0 Å². The average Bonchev–Trinajstić information content (AvgIpc) is 2.47. The Hall–Kier alpha value is -0.120. The van der Waals surface area contributed by atoms with Crippen molar-refractivity contribution in [3.8, 4) is 0 Å². The first-order valence-corrected chi connectivity index (χ1v) is 5.67. The molecule has 2 aliphatic rings. The summed E-state index contributed by atoms with van der Waals surface area (Å²) in [7, 11) is 0. The van der Waals surface area contributed by atoms with Crippen LogP contribution in [0.2, 0.25) is 0 Å². The van der Waals surface area contributed by atoms with Crippen LogP contribution in [0.3, 0.4) is 0 Å². The number of hydrogen-bond acceptors (Lipinski definition) is 3. The van der Waals surface area contributed by atoms with Gasteiger partial charge in [-0.15, -0.1) is 0 Å². The van der Waals surface area contributed by atoms with Crippen LogP contribution < -0.4 is 5.32 Å². The van der Waals surface area contributed by atoms with Crippen LogP contribution in [-0.2, 0) is 9.47 Å².